The zero-order valence-electron chi connectivity index (χ0n) is 13.7. The number of aromatic hydroxyl groups is 1. The highest BCUT2D eigenvalue weighted by Crippen LogP contribution is 2.39. The van der Waals surface area contributed by atoms with Crippen LogP contribution in [-0.2, 0) is 0 Å². The van der Waals surface area contributed by atoms with Crippen LogP contribution in [0.1, 0.15) is 5.56 Å². The van der Waals surface area contributed by atoms with Crippen LogP contribution < -0.4 is 11.1 Å². The van der Waals surface area contributed by atoms with Crippen LogP contribution in [0.5, 0.6) is 5.75 Å². The predicted octanol–water partition coefficient (Wildman–Crippen LogP) is 2.96. The number of hydrogen-bond donors (Lipinski definition) is 4. The van der Waals surface area contributed by atoms with Gasteiger partial charge >= 0.3 is 0 Å². The van der Waals surface area contributed by atoms with E-state index >= 15 is 0 Å². The Morgan fingerprint density at radius 3 is 2.81 bits per heavy atom. The number of nitrogen functional groups attached to an aromatic ring is 1. The fourth-order valence-corrected chi connectivity index (χ4v) is 2.08. The van der Waals surface area contributed by atoms with Gasteiger partial charge in [0.1, 0.15) is 22.9 Å². The molecule has 0 unspecified atom stereocenters. The molecule has 2 aromatic rings. The second kappa shape index (κ2) is 7.86. The van der Waals surface area contributed by atoms with Crippen molar-refractivity contribution in [1.82, 2.24) is 4.98 Å². The first kappa shape index (κ1) is 18.6. The molecule has 1 heterocycles. The molecular formula is C15H15N7O4. The third-order valence-corrected chi connectivity index (χ3v) is 3.35. The van der Waals surface area contributed by atoms with Crippen LogP contribution in [0.3, 0.4) is 0 Å². The van der Waals surface area contributed by atoms with E-state index in [0.29, 0.717) is 5.56 Å². The molecule has 26 heavy (non-hydrogen) atoms. The number of aliphatic hydroxyl groups is 1. The zero-order chi connectivity index (χ0) is 19.3. The highest BCUT2D eigenvalue weighted by molar-refractivity contribution is 5.81. The summed E-state index contributed by atoms with van der Waals surface area (Å²) < 4.78 is 0. The maximum Gasteiger partial charge on any atom is 0.271 e. The Morgan fingerprint density at radius 2 is 2.19 bits per heavy atom. The molecule has 1 aromatic heterocycles. The smallest absolute Gasteiger partial charge is 0.271 e. The summed E-state index contributed by atoms with van der Waals surface area (Å²) in [6.45, 7) is 8.93. The van der Waals surface area contributed by atoms with E-state index in [9.17, 15) is 15.2 Å². The standard InChI is InChI=1S/C15H15N7O4/c1-8-12(14(16)19-15(13(8)17-2)18-5-6-23)21-20-10-7-9(22(25)26)3-4-11(10)24/h3-4,7,23-24H,5-6H2,1H3,(H3,16,18,19). The highest BCUT2D eigenvalue weighted by Gasteiger charge is 2.16. The van der Waals surface area contributed by atoms with Gasteiger partial charge in [-0.3, -0.25) is 10.1 Å². The molecule has 0 amide bonds. The van der Waals surface area contributed by atoms with Gasteiger partial charge in [0.05, 0.1) is 18.1 Å². The van der Waals surface area contributed by atoms with Crippen LogP contribution in [-0.4, -0.2) is 33.3 Å². The summed E-state index contributed by atoms with van der Waals surface area (Å²) in [7, 11) is 0. The Labute approximate surface area is 147 Å². The lowest BCUT2D eigenvalue weighted by molar-refractivity contribution is -0.384. The van der Waals surface area contributed by atoms with Crippen molar-refractivity contribution in [2.24, 2.45) is 10.2 Å². The number of non-ortho nitro benzene ring substituents is 1. The van der Waals surface area contributed by atoms with Crippen molar-refractivity contribution in [3.63, 3.8) is 0 Å². The van der Waals surface area contributed by atoms with Crippen LogP contribution >= 0.6 is 0 Å². The molecule has 1 aromatic carbocycles. The van der Waals surface area contributed by atoms with Crippen molar-refractivity contribution in [2.45, 2.75) is 6.92 Å². The van der Waals surface area contributed by atoms with Gasteiger partial charge in [0.15, 0.2) is 5.82 Å². The lowest BCUT2D eigenvalue weighted by atomic mass is 10.2. The minimum absolute atomic E-state index is 0.0241. The number of nitrogens with zero attached hydrogens (tertiary/aromatic N) is 5. The lowest BCUT2D eigenvalue weighted by Gasteiger charge is -2.11. The van der Waals surface area contributed by atoms with Crippen LogP contribution in [0.15, 0.2) is 28.4 Å². The van der Waals surface area contributed by atoms with Gasteiger partial charge in [-0.2, -0.15) is 0 Å². The summed E-state index contributed by atoms with van der Waals surface area (Å²) in [5.41, 5.74) is 6.13. The number of rotatable bonds is 6. The largest absolute Gasteiger partial charge is 0.506 e. The van der Waals surface area contributed by atoms with Crippen molar-refractivity contribution in [3.05, 3.63) is 45.3 Å². The number of anilines is 2. The summed E-state index contributed by atoms with van der Waals surface area (Å²) in [5.74, 6) is -0.111. The topological polar surface area (TPSA) is 164 Å². The van der Waals surface area contributed by atoms with Gasteiger partial charge in [-0.1, -0.05) is 0 Å². The number of benzene rings is 1. The lowest BCUT2D eigenvalue weighted by Crippen LogP contribution is -2.08. The molecule has 11 nitrogen and oxygen atoms in total. The third kappa shape index (κ3) is 3.82. The summed E-state index contributed by atoms with van der Waals surface area (Å²) in [6.07, 6.45) is 0. The minimum Gasteiger partial charge on any atom is -0.506 e. The van der Waals surface area contributed by atoms with E-state index in [-0.39, 0.29) is 53.3 Å². The van der Waals surface area contributed by atoms with Crippen molar-refractivity contribution in [2.75, 3.05) is 24.2 Å². The molecule has 0 aliphatic carbocycles. The van der Waals surface area contributed by atoms with E-state index in [1.165, 1.54) is 0 Å². The molecule has 0 aliphatic heterocycles. The van der Waals surface area contributed by atoms with Crippen molar-refractivity contribution >= 4 is 34.4 Å². The summed E-state index contributed by atoms with van der Waals surface area (Å²) in [4.78, 5) is 17.6. The third-order valence-electron chi connectivity index (χ3n) is 3.35. The van der Waals surface area contributed by atoms with Gasteiger partial charge in [-0.25, -0.2) is 9.83 Å². The van der Waals surface area contributed by atoms with Crippen LogP contribution in [0, 0.1) is 23.6 Å². The number of azo groups is 1. The number of nitro groups is 1. The Kier molecular flexibility index (Phi) is 5.61. The van der Waals surface area contributed by atoms with E-state index in [2.05, 4.69) is 25.4 Å². The molecule has 11 heteroatoms. The average molecular weight is 357 g/mol. The van der Waals surface area contributed by atoms with E-state index in [4.69, 9.17) is 17.4 Å². The molecule has 0 spiro atoms. The molecule has 0 saturated heterocycles. The number of nitro benzene ring substituents is 1. The summed E-state index contributed by atoms with van der Waals surface area (Å²) in [5, 5.41) is 39.9. The number of nitrogens with one attached hydrogen (secondary N) is 1. The quantitative estimate of drug-likeness (QED) is 0.267. The number of nitrogens with two attached hydrogens (primary N) is 1. The summed E-state index contributed by atoms with van der Waals surface area (Å²) in [6, 6.07) is 3.33. The van der Waals surface area contributed by atoms with Gasteiger partial charge in [-0.05, 0) is 18.6 Å². The van der Waals surface area contributed by atoms with Crippen LogP contribution in [0.4, 0.5) is 34.4 Å². The Bertz CT molecular complexity index is 921. The second-order valence-corrected chi connectivity index (χ2v) is 5.06. The van der Waals surface area contributed by atoms with Gasteiger partial charge in [0.25, 0.3) is 5.69 Å². The second-order valence-electron chi connectivity index (χ2n) is 5.06. The number of phenolic OH excluding ortho intramolecular Hbond substituents is 1. The van der Waals surface area contributed by atoms with Gasteiger partial charge in [0, 0.05) is 18.7 Å². The fraction of sp³-hybridized carbons (Fsp3) is 0.200. The number of phenols is 1. The predicted molar refractivity (Wildman–Crippen MR) is 94.2 cm³/mol. The van der Waals surface area contributed by atoms with Crippen LogP contribution in [0.25, 0.3) is 4.85 Å². The zero-order valence-corrected chi connectivity index (χ0v) is 13.7. The molecule has 0 atom stereocenters. The highest BCUT2D eigenvalue weighted by atomic mass is 16.6. The minimum atomic E-state index is -0.627. The first-order valence-electron chi connectivity index (χ1n) is 7.30. The van der Waals surface area contributed by atoms with E-state index < -0.39 is 4.92 Å². The Hall–Kier alpha value is -3.78. The molecule has 0 fully saturated rings. The Balaban J connectivity index is 2.47. The normalized spacial score (nSPS) is 10.7. The number of aromatic nitrogens is 1. The molecule has 5 N–H and O–H groups in total. The molecule has 134 valence electrons. The molecule has 0 radical (unpaired) electrons. The SMILES string of the molecule is [C-]#[N+]c1c(NCCO)nc(N)c(N=Nc2cc([N+](=O)[O-])ccc2O)c1C. The summed E-state index contributed by atoms with van der Waals surface area (Å²) >= 11 is 0. The maximum absolute atomic E-state index is 10.8. The van der Waals surface area contributed by atoms with E-state index in [0.717, 1.165) is 18.2 Å². The fourth-order valence-electron chi connectivity index (χ4n) is 2.08. The first-order valence-corrected chi connectivity index (χ1v) is 7.30. The number of pyridine rings is 1. The number of hydrogen-bond acceptors (Lipinski definition) is 9. The van der Waals surface area contributed by atoms with Gasteiger partial charge in [0.2, 0.25) is 5.69 Å². The first-order chi connectivity index (χ1) is 12.4. The average Bonchev–Trinajstić information content (AvgIpc) is 2.60. The molecule has 0 bridgehead atoms. The number of aliphatic hydroxyl groups excluding tert-OH is 1. The molecule has 2 rings (SSSR count). The van der Waals surface area contributed by atoms with Gasteiger partial charge < -0.3 is 21.3 Å². The van der Waals surface area contributed by atoms with Crippen molar-refractivity contribution in [3.8, 4) is 5.75 Å². The molecular weight excluding hydrogens is 342 g/mol. The van der Waals surface area contributed by atoms with Gasteiger partial charge in [-0.15, -0.1) is 10.2 Å². The maximum atomic E-state index is 10.8. The molecule has 0 aliphatic rings. The van der Waals surface area contributed by atoms with E-state index in [1.54, 1.807) is 6.92 Å². The molecule has 0 saturated carbocycles. The van der Waals surface area contributed by atoms with Crippen LogP contribution in [0.2, 0.25) is 0 Å². The van der Waals surface area contributed by atoms with Crippen molar-refractivity contribution < 1.29 is 15.1 Å². The monoisotopic (exact) mass is 357 g/mol. The van der Waals surface area contributed by atoms with Crippen molar-refractivity contribution in [1.29, 1.82) is 0 Å². The Morgan fingerprint density at radius 1 is 1.46 bits per heavy atom. The van der Waals surface area contributed by atoms with E-state index in [1.807, 2.05) is 0 Å².